The summed E-state index contributed by atoms with van der Waals surface area (Å²) in [5.74, 6) is -1.27. The third-order valence-corrected chi connectivity index (χ3v) is 2.84. The van der Waals surface area contributed by atoms with Gasteiger partial charge in [0, 0.05) is 31.2 Å². The highest BCUT2D eigenvalue weighted by Gasteiger charge is 2.25. The summed E-state index contributed by atoms with van der Waals surface area (Å²) in [5, 5.41) is 32.7. The number of nitrogens with zero attached hydrogens (tertiary/aromatic N) is 1. The summed E-state index contributed by atoms with van der Waals surface area (Å²) in [4.78, 5) is 20.6. The number of nitro benzene ring substituents is 1. The molecule has 2 atom stereocenters. The van der Waals surface area contributed by atoms with Crippen LogP contribution >= 0.6 is 0 Å². The molecule has 5 N–H and O–H groups in total. The number of anilines is 1. The average Bonchev–Trinajstić information content (AvgIpc) is 2.37. The molecule has 116 valence electrons. The molecule has 1 rings (SSSR count). The SMILES string of the molecule is CC(=O)NCCC(O)C(O)c1cc([N+](=O)[O-])c(N)cc1F. The minimum absolute atomic E-state index is 0.0433. The molecule has 0 aliphatic carbocycles. The van der Waals surface area contributed by atoms with Crippen LogP contribution in [-0.2, 0) is 4.79 Å². The summed E-state index contributed by atoms with van der Waals surface area (Å²) in [5.41, 5.74) is 3.95. The van der Waals surface area contributed by atoms with Gasteiger partial charge >= 0.3 is 0 Å². The lowest BCUT2D eigenvalue weighted by Gasteiger charge is -2.19. The van der Waals surface area contributed by atoms with E-state index < -0.39 is 34.2 Å². The second kappa shape index (κ2) is 6.95. The van der Waals surface area contributed by atoms with Crippen LogP contribution in [-0.4, -0.2) is 33.7 Å². The van der Waals surface area contributed by atoms with Crippen molar-refractivity contribution in [1.82, 2.24) is 5.32 Å². The van der Waals surface area contributed by atoms with E-state index in [-0.39, 0.29) is 24.6 Å². The molecule has 0 aromatic heterocycles. The maximum absolute atomic E-state index is 13.7. The van der Waals surface area contributed by atoms with Gasteiger partial charge in [0.25, 0.3) is 5.69 Å². The number of carbonyl (C=O) groups excluding carboxylic acids is 1. The Balaban J connectivity index is 2.90. The molecule has 0 heterocycles. The number of nitrogens with two attached hydrogens (primary N) is 1. The number of nitrogens with one attached hydrogen (secondary N) is 1. The molecule has 0 aliphatic heterocycles. The molecule has 0 saturated carbocycles. The lowest BCUT2D eigenvalue weighted by Crippen LogP contribution is -2.28. The van der Waals surface area contributed by atoms with Crippen LogP contribution in [0.25, 0.3) is 0 Å². The van der Waals surface area contributed by atoms with Crippen molar-refractivity contribution in [2.75, 3.05) is 12.3 Å². The van der Waals surface area contributed by atoms with E-state index in [0.717, 1.165) is 12.1 Å². The van der Waals surface area contributed by atoms with Crippen LogP contribution in [0.2, 0.25) is 0 Å². The van der Waals surface area contributed by atoms with Gasteiger partial charge in [0.2, 0.25) is 5.91 Å². The van der Waals surface area contributed by atoms with E-state index in [4.69, 9.17) is 5.73 Å². The second-order valence-electron chi connectivity index (χ2n) is 4.47. The van der Waals surface area contributed by atoms with Crippen LogP contribution in [0, 0.1) is 15.9 Å². The van der Waals surface area contributed by atoms with Crippen LogP contribution in [0.5, 0.6) is 0 Å². The Morgan fingerprint density at radius 3 is 2.67 bits per heavy atom. The molecule has 0 bridgehead atoms. The fourth-order valence-electron chi connectivity index (χ4n) is 1.74. The van der Waals surface area contributed by atoms with Crippen molar-refractivity contribution in [3.05, 3.63) is 33.6 Å². The number of benzene rings is 1. The molecular formula is C12H16FN3O5. The predicted octanol–water partition coefficient (Wildman–Crippen LogP) is 0.237. The Bertz CT molecular complexity index is 552. The van der Waals surface area contributed by atoms with Gasteiger partial charge in [-0.15, -0.1) is 0 Å². The zero-order chi connectivity index (χ0) is 16.2. The molecule has 9 heteroatoms. The van der Waals surface area contributed by atoms with Crippen molar-refractivity contribution in [1.29, 1.82) is 0 Å². The van der Waals surface area contributed by atoms with Crippen molar-refractivity contribution in [2.45, 2.75) is 25.6 Å². The number of hydrogen-bond donors (Lipinski definition) is 4. The number of amides is 1. The van der Waals surface area contributed by atoms with Crippen molar-refractivity contribution in [3.63, 3.8) is 0 Å². The predicted molar refractivity (Wildman–Crippen MR) is 71.7 cm³/mol. The first-order chi connectivity index (χ1) is 9.73. The van der Waals surface area contributed by atoms with Gasteiger partial charge in [-0.25, -0.2) is 4.39 Å². The Kier molecular flexibility index (Phi) is 5.56. The number of aliphatic hydroxyl groups is 2. The molecule has 8 nitrogen and oxygen atoms in total. The maximum Gasteiger partial charge on any atom is 0.292 e. The lowest BCUT2D eigenvalue weighted by atomic mass is 10.0. The Hall–Kier alpha value is -2.26. The first-order valence-corrected chi connectivity index (χ1v) is 6.08. The fraction of sp³-hybridized carbons (Fsp3) is 0.417. The normalized spacial score (nSPS) is 13.5. The van der Waals surface area contributed by atoms with E-state index in [9.17, 15) is 29.5 Å². The lowest BCUT2D eigenvalue weighted by molar-refractivity contribution is -0.384. The van der Waals surface area contributed by atoms with E-state index in [1.165, 1.54) is 6.92 Å². The zero-order valence-corrected chi connectivity index (χ0v) is 11.2. The first-order valence-electron chi connectivity index (χ1n) is 6.08. The van der Waals surface area contributed by atoms with E-state index in [1.807, 2.05) is 0 Å². The summed E-state index contributed by atoms with van der Waals surface area (Å²) in [6.45, 7) is 1.36. The molecule has 0 radical (unpaired) electrons. The van der Waals surface area contributed by atoms with E-state index in [0.29, 0.717) is 0 Å². The summed E-state index contributed by atoms with van der Waals surface area (Å²) >= 11 is 0. The maximum atomic E-state index is 13.7. The number of nitrogen functional groups attached to an aromatic ring is 1. The number of hydrogen-bond acceptors (Lipinski definition) is 6. The Morgan fingerprint density at radius 1 is 1.52 bits per heavy atom. The average molecular weight is 301 g/mol. The minimum atomic E-state index is -1.67. The smallest absolute Gasteiger partial charge is 0.292 e. The van der Waals surface area contributed by atoms with E-state index >= 15 is 0 Å². The molecule has 2 unspecified atom stereocenters. The van der Waals surface area contributed by atoms with Crippen LogP contribution in [0.15, 0.2) is 12.1 Å². The van der Waals surface area contributed by atoms with Gasteiger partial charge in [0.1, 0.15) is 17.6 Å². The molecule has 0 spiro atoms. The molecule has 0 saturated heterocycles. The van der Waals surface area contributed by atoms with Crippen molar-refractivity contribution in [3.8, 4) is 0 Å². The molecule has 0 fully saturated rings. The number of halogens is 1. The van der Waals surface area contributed by atoms with Gasteiger partial charge in [-0.3, -0.25) is 14.9 Å². The van der Waals surface area contributed by atoms with Gasteiger partial charge in [-0.2, -0.15) is 0 Å². The summed E-state index contributed by atoms with van der Waals surface area (Å²) in [6.07, 6.45) is -3.11. The van der Waals surface area contributed by atoms with Crippen LogP contribution < -0.4 is 11.1 Å². The summed E-state index contributed by atoms with van der Waals surface area (Å²) in [6, 6.07) is 1.51. The topological polar surface area (TPSA) is 139 Å². The standard InChI is InChI=1S/C12H16FN3O5/c1-6(17)15-3-2-11(18)12(19)7-4-10(16(20)21)9(14)5-8(7)13/h4-5,11-12,18-19H,2-3,14H2,1H3,(H,15,17). The third kappa shape index (κ3) is 4.36. The minimum Gasteiger partial charge on any atom is -0.393 e. The number of rotatable bonds is 6. The fourth-order valence-corrected chi connectivity index (χ4v) is 1.74. The first kappa shape index (κ1) is 16.8. The highest BCUT2D eigenvalue weighted by atomic mass is 19.1. The van der Waals surface area contributed by atoms with Gasteiger partial charge in [0.15, 0.2) is 0 Å². The van der Waals surface area contributed by atoms with Crippen LogP contribution in [0.4, 0.5) is 15.8 Å². The number of aliphatic hydroxyl groups excluding tert-OH is 2. The molecule has 21 heavy (non-hydrogen) atoms. The largest absolute Gasteiger partial charge is 0.393 e. The Labute approximate surface area is 119 Å². The van der Waals surface area contributed by atoms with Crippen molar-refractivity contribution < 1.29 is 24.3 Å². The Morgan fingerprint density at radius 2 is 2.14 bits per heavy atom. The van der Waals surface area contributed by atoms with Crippen molar-refractivity contribution >= 4 is 17.3 Å². The van der Waals surface area contributed by atoms with Crippen LogP contribution in [0.1, 0.15) is 25.0 Å². The molecule has 1 aromatic carbocycles. The number of nitro groups is 1. The van der Waals surface area contributed by atoms with E-state index in [1.54, 1.807) is 0 Å². The molecule has 0 aliphatic rings. The third-order valence-electron chi connectivity index (χ3n) is 2.84. The highest BCUT2D eigenvalue weighted by molar-refractivity contribution is 5.72. The van der Waals surface area contributed by atoms with Crippen molar-refractivity contribution in [2.24, 2.45) is 0 Å². The van der Waals surface area contributed by atoms with Crippen LogP contribution in [0.3, 0.4) is 0 Å². The summed E-state index contributed by atoms with van der Waals surface area (Å²) in [7, 11) is 0. The van der Waals surface area contributed by atoms with E-state index in [2.05, 4.69) is 5.32 Å². The summed E-state index contributed by atoms with van der Waals surface area (Å²) < 4.78 is 13.7. The quantitative estimate of drug-likeness (QED) is 0.337. The number of carbonyl (C=O) groups is 1. The van der Waals surface area contributed by atoms with Gasteiger partial charge < -0.3 is 21.3 Å². The van der Waals surface area contributed by atoms with Gasteiger partial charge in [-0.05, 0) is 6.42 Å². The van der Waals surface area contributed by atoms with Gasteiger partial charge in [-0.1, -0.05) is 0 Å². The molecule has 1 aromatic rings. The highest BCUT2D eigenvalue weighted by Crippen LogP contribution is 2.30. The molecular weight excluding hydrogens is 285 g/mol. The molecule has 1 amide bonds. The van der Waals surface area contributed by atoms with Gasteiger partial charge in [0.05, 0.1) is 11.0 Å². The second-order valence-corrected chi connectivity index (χ2v) is 4.47. The monoisotopic (exact) mass is 301 g/mol. The zero-order valence-electron chi connectivity index (χ0n) is 11.2.